The van der Waals surface area contributed by atoms with E-state index in [0.717, 1.165) is 12.3 Å². The van der Waals surface area contributed by atoms with Gasteiger partial charge in [0, 0.05) is 6.20 Å². The maximum atomic E-state index is 12.9. The summed E-state index contributed by atoms with van der Waals surface area (Å²) in [5.41, 5.74) is -3.70. The Labute approximate surface area is 141 Å². The van der Waals surface area contributed by atoms with Crippen LogP contribution in [0.15, 0.2) is 29.2 Å². The van der Waals surface area contributed by atoms with E-state index in [9.17, 15) is 26.7 Å². The first-order valence-corrected chi connectivity index (χ1v) is 6.93. The van der Waals surface area contributed by atoms with Crippen LogP contribution >= 0.6 is 34.8 Å². The number of hydrogen-bond donors (Lipinski definition) is 0. The molecule has 10 heteroatoms. The van der Waals surface area contributed by atoms with Gasteiger partial charge in [0.2, 0.25) is 0 Å². The fourth-order valence-corrected chi connectivity index (χ4v) is 2.75. The van der Waals surface area contributed by atoms with Gasteiger partial charge in [0.05, 0.1) is 26.3 Å². The summed E-state index contributed by atoms with van der Waals surface area (Å²) < 4.78 is 64.5. The number of nitrogens with zero attached hydrogens (tertiary/aromatic N) is 1. The van der Waals surface area contributed by atoms with E-state index in [-0.39, 0.29) is 5.69 Å². The highest BCUT2D eigenvalue weighted by atomic mass is 35.5. The summed E-state index contributed by atoms with van der Waals surface area (Å²) in [7, 11) is 0. The molecule has 0 unspecified atom stereocenters. The molecule has 0 radical (unpaired) electrons. The Balaban J connectivity index is 2.74. The Hall–Kier alpha value is -1.31. The second kappa shape index (κ2) is 6.30. The summed E-state index contributed by atoms with van der Waals surface area (Å²) in [5.74, 6) is 0. The lowest BCUT2D eigenvalue weighted by atomic mass is 10.2. The molecular formula is C13H5Cl3F5NO. The number of rotatable bonds is 2. The average Bonchev–Trinajstić information content (AvgIpc) is 2.38. The third-order valence-electron chi connectivity index (χ3n) is 2.88. The molecule has 0 amide bonds. The van der Waals surface area contributed by atoms with Crippen molar-refractivity contribution in [3.05, 3.63) is 60.9 Å². The van der Waals surface area contributed by atoms with E-state index in [1.165, 1.54) is 0 Å². The molecular weight excluding hydrogens is 387 g/mol. The number of aromatic nitrogens is 1. The minimum absolute atomic E-state index is 0.343. The normalized spacial score (nSPS) is 12.0. The summed E-state index contributed by atoms with van der Waals surface area (Å²) in [6, 6.07) is 2.09. The van der Waals surface area contributed by atoms with Gasteiger partial charge in [-0.2, -0.15) is 13.2 Å². The Kier molecular flexibility index (Phi) is 4.94. The van der Waals surface area contributed by atoms with Crippen LogP contribution in [0.1, 0.15) is 17.6 Å². The second-order valence-corrected chi connectivity index (χ2v) is 5.56. The maximum absolute atomic E-state index is 12.9. The molecule has 0 saturated heterocycles. The minimum atomic E-state index is -4.70. The van der Waals surface area contributed by atoms with Crippen LogP contribution in [0.5, 0.6) is 0 Å². The standard InChI is InChI=1S/C13H5Cl3F5NO/c14-6-1-2-22(12(23)9(6)11(17)18)10-7(15)3-5(4-8(10)16)13(19,20)21/h1-4,11H. The zero-order valence-corrected chi connectivity index (χ0v) is 13.0. The number of halogens is 8. The molecule has 0 atom stereocenters. The highest BCUT2D eigenvalue weighted by Gasteiger charge is 2.32. The van der Waals surface area contributed by atoms with Gasteiger partial charge in [0.25, 0.3) is 12.0 Å². The Morgan fingerprint density at radius 3 is 1.96 bits per heavy atom. The van der Waals surface area contributed by atoms with E-state index < -0.39 is 44.4 Å². The van der Waals surface area contributed by atoms with E-state index in [0.29, 0.717) is 16.7 Å². The van der Waals surface area contributed by atoms with Crippen molar-refractivity contribution in [1.82, 2.24) is 4.57 Å². The fourth-order valence-electron chi connectivity index (χ4n) is 1.86. The smallest absolute Gasteiger partial charge is 0.281 e. The van der Waals surface area contributed by atoms with Gasteiger partial charge < -0.3 is 0 Å². The van der Waals surface area contributed by atoms with Gasteiger partial charge in [0.1, 0.15) is 5.56 Å². The molecule has 0 saturated carbocycles. The van der Waals surface area contributed by atoms with E-state index in [2.05, 4.69) is 0 Å². The molecule has 0 aliphatic carbocycles. The summed E-state index contributed by atoms with van der Waals surface area (Å²) in [6.07, 6.45) is -6.88. The lowest BCUT2D eigenvalue weighted by molar-refractivity contribution is -0.137. The van der Waals surface area contributed by atoms with Crippen LogP contribution in [0.3, 0.4) is 0 Å². The van der Waals surface area contributed by atoms with E-state index in [4.69, 9.17) is 34.8 Å². The molecule has 0 N–H and O–H groups in total. The zero-order chi connectivity index (χ0) is 17.5. The first kappa shape index (κ1) is 18.0. The molecule has 0 aliphatic heterocycles. The van der Waals surface area contributed by atoms with E-state index in [1.807, 2.05) is 0 Å². The molecule has 1 aromatic heterocycles. The van der Waals surface area contributed by atoms with Crippen LogP contribution in [0, 0.1) is 0 Å². The van der Waals surface area contributed by atoms with Crippen molar-refractivity contribution < 1.29 is 22.0 Å². The van der Waals surface area contributed by atoms with Crippen molar-refractivity contribution in [2.45, 2.75) is 12.6 Å². The molecule has 1 heterocycles. The summed E-state index contributed by atoms with van der Waals surface area (Å²) in [6.45, 7) is 0. The Bertz CT molecular complexity index is 793. The van der Waals surface area contributed by atoms with E-state index in [1.54, 1.807) is 0 Å². The van der Waals surface area contributed by atoms with Crippen LogP contribution in [-0.4, -0.2) is 4.57 Å². The van der Waals surface area contributed by atoms with Crippen LogP contribution in [0.25, 0.3) is 5.69 Å². The first-order chi connectivity index (χ1) is 10.5. The molecule has 0 spiro atoms. The lowest BCUT2D eigenvalue weighted by Crippen LogP contribution is -2.23. The topological polar surface area (TPSA) is 22.0 Å². The SMILES string of the molecule is O=c1c(C(F)F)c(Cl)ccn1-c1c(Cl)cc(C(F)(F)F)cc1Cl. The molecule has 23 heavy (non-hydrogen) atoms. The van der Waals surface area contributed by atoms with Gasteiger partial charge >= 0.3 is 6.18 Å². The minimum Gasteiger partial charge on any atom is -0.281 e. The van der Waals surface area contributed by atoms with Crippen molar-refractivity contribution in [1.29, 1.82) is 0 Å². The van der Waals surface area contributed by atoms with E-state index >= 15 is 0 Å². The second-order valence-electron chi connectivity index (χ2n) is 4.34. The summed E-state index contributed by atoms with van der Waals surface area (Å²) in [4.78, 5) is 12.1. The van der Waals surface area contributed by atoms with Gasteiger partial charge in [-0.3, -0.25) is 9.36 Å². The number of pyridine rings is 1. The summed E-state index contributed by atoms with van der Waals surface area (Å²) in [5, 5.41) is -1.51. The first-order valence-electron chi connectivity index (χ1n) is 5.80. The monoisotopic (exact) mass is 391 g/mol. The number of benzene rings is 1. The van der Waals surface area contributed by atoms with Crippen molar-refractivity contribution in [2.24, 2.45) is 0 Å². The lowest BCUT2D eigenvalue weighted by Gasteiger charge is -2.15. The van der Waals surface area contributed by atoms with Crippen LogP contribution < -0.4 is 5.56 Å². The maximum Gasteiger partial charge on any atom is 0.416 e. The zero-order valence-electron chi connectivity index (χ0n) is 10.8. The quantitative estimate of drug-likeness (QED) is 0.596. The summed E-state index contributed by atoms with van der Waals surface area (Å²) >= 11 is 17.0. The highest BCUT2D eigenvalue weighted by Crippen LogP contribution is 2.37. The highest BCUT2D eigenvalue weighted by molar-refractivity contribution is 6.38. The predicted octanol–water partition coefficient (Wildman–Crippen LogP) is 5.75. The molecule has 0 fully saturated rings. The Morgan fingerprint density at radius 2 is 1.52 bits per heavy atom. The third kappa shape index (κ3) is 3.46. The number of alkyl halides is 5. The van der Waals surface area contributed by atoms with Crippen molar-refractivity contribution in [3.8, 4) is 5.69 Å². The molecule has 0 aliphatic rings. The van der Waals surface area contributed by atoms with Crippen LogP contribution in [-0.2, 0) is 6.18 Å². The van der Waals surface area contributed by atoms with Gasteiger partial charge in [0.15, 0.2) is 0 Å². The van der Waals surface area contributed by atoms with Gasteiger partial charge in [-0.1, -0.05) is 34.8 Å². The van der Waals surface area contributed by atoms with Crippen molar-refractivity contribution in [3.63, 3.8) is 0 Å². The fraction of sp³-hybridized carbons (Fsp3) is 0.154. The Morgan fingerprint density at radius 1 is 1.00 bits per heavy atom. The third-order valence-corrected chi connectivity index (χ3v) is 3.79. The van der Waals surface area contributed by atoms with Crippen molar-refractivity contribution in [2.75, 3.05) is 0 Å². The molecule has 2 rings (SSSR count). The van der Waals surface area contributed by atoms with Gasteiger partial charge in [-0.05, 0) is 18.2 Å². The largest absolute Gasteiger partial charge is 0.416 e. The van der Waals surface area contributed by atoms with Crippen LogP contribution in [0.4, 0.5) is 22.0 Å². The molecule has 1 aromatic carbocycles. The van der Waals surface area contributed by atoms with Crippen LogP contribution in [0.2, 0.25) is 15.1 Å². The molecule has 2 aromatic rings. The average molecular weight is 393 g/mol. The molecule has 2 nitrogen and oxygen atoms in total. The molecule has 0 bridgehead atoms. The van der Waals surface area contributed by atoms with Gasteiger partial charge in [-0.25, -0.2) is 8.78 Å². The van der Waals surface area contributed by atoms with Gasteiger partial charge in [-0.15, -0.1) is 0 Å². The van der Waals surface area contributed by atoms with Crippen molar-refractivity contribution >= 4 is 34.8 Å². The predicted molar refractivity (Wildman–Crippen MR) is 77.0 cm³/mol. The number of hydrogen-bond acceptors (Lipinski definition) is 1. The molecule has 124 valence electrons.